The highest BCUT2D eigenvalue weighted by Crippen LogP contribution is 2.22. The van der Waals surface area contributed by atoms with Gasteiger partial charge in [-0.3, -0.25) is 9.89 Å². The highest BCUT2D eigenvalue weighted by atomic mass is 16.3. The van der Waals surface area contributed by atoms with Gasteiger partial charge in [-0.2, -0.15) is 5.10 Å². The molecule has 6 heteroatoms. The van der Waals surface area contributed by atoms with Crippen molar-refractivity contribution in [1.82, 2.24) is 15.5 Å². The number of nitrogens with zero attached hydrogens (tertiary/aromatic N) is 1. The Labute approximate surface area is 120 Å². The van der Waals surface area contributed by atoms with Crippen LogP contribution in [0.5, 0.6) is 0 Å². The van der Waals surface area contributed by atoms with E-state index in [1.165, 1.54) is 0 Å². The van der Waals surface area contributed by atoms with E-state index in [0.29, 0.717) is 12.1 Å². The number of aliphatic hydroxyl groups excluding tert-OH is 1. The molecule has 5 N–H and O–H groups in total. The molecule has 1 aromatic heterocycles. The second-order valence-corrected chi connectivity index (χ2v) is 6.68. The van der Waals surface area contributed by atoms with Crippen molar-refractivity contribution in [2.45, 2.75) is 53.1 Å². The van der Waals surface area contributed by atoms with Gasteiger partial charge in [0.1, 0.15) is 0 Å². The van der Waals surface area contributed by atoms with Crippen LogP contribution in [0.25, 0.3) is 0 Å². The number of hydrogen-bond donors (Lipinski definition) is 4. The summed E-state index contributed by atoms with van der Waals surface area (Å²) in [6.45, 7) is 10.3. The second-order valence-electron chi connectivity index (χ2n) is 6.68. The Bertz CT molecular complexity index is 460. The number of aromatic amines is 1. The molecule has 0 saturated carbocycles. The van der Waals surface area contributed by atoms with Gasteiger partial charge in [-0.25, -0.2) is 0 Å². The van der Waals surface area contributed by atoms with Crippen LogP contribution in [0.15, 0.2) is 0 Å². The van der Waals surface area contributed by atoms with E-state index in [1.54, 1.807) is 0 Å². The normalized spacial score (nSPS) is 13.6. The lowest BCUT2D eigenvalue weighted by atomic mass is 9.89. The predicted octanol–water partition coefficient (Wildman–Crippen LogP) is 1.64. The number of nitrogens with one attached hydrogen (secondary N) is 2. The van der Waals surface area contributed by atoms with E-state index in [2.05, 4.69) is 15.5 Å². The first-order valence-electron chi connectivity index (χ1n) is 6.92. The Kier molecular flexibility index (Phi) is 5.16. The highest BCUT2D eigenvalue weighted by Gasteiger charge is 2.21. The van der Waals surface area contributed by atoms with Gasteiger partial charge in [0.05, 0.1) is 17.5 Å². The Morgan fingerprint density at radius 3 is 2.50 bits per heavy atom. The zero-order valence-corrected chi connectivity index (χ0v) is 12.9. The van der Waals surface area contributed by atoms with Crippen LogP contribution >= 0.6 is 0 Å². The molecule has 1 amide bonds. The molecule has 0 aliphatic carbocycles. The molecular formula is C14H26N4O2. The number of rotatable bonds is 5. The van der Waals surface area contributed by atoms with Gasteiger partial charge in [0.25, 0.3) is 5.91 Å². The van der Waals surface area contributed by atoms with Crippen molar-refractivity contribution in [3.8, 4) is 0 Å². The van der Waals surface area contributed by atoms with Crippen LogP contribution in [0.3, 0.4) is 0 Å². The van der Waals surface area contributed by atoms with Crippen molar-refractivity contribution in [1.29, 1.82) is 0 Å². The standard InChI is InChI=1S/C14H26N4O2/c1-8(2)11-10(15)12(18-17-11)13(20)16-7-9(19)6-14(3,4)5/h8-9,19H,6-7,15H2,1-5H3,(H,16,20)(H,17,18). The van der Waals surface area contributed by atoms with Crippen LogP contribution in [-0.4, -0.2) is 33.9 Å². The van der Waals surface area contributed by atoms with Crippen molar-refractivity contribution in [3.05, 3.63) is 11.4 Å². The molecule has 0 aromatic carbocycles. The number of aromatic nitrogens is 2. The average Bonchev–Trinajstić information content (AvgIpc) is 2.65. The average molecular weight is 282 g/mol. The molecule has 1 aromatic rings. The van der Waals surface area contributed by atoms with E-state index < -0.39 is 6.10 Å². The molecule has 0 fully saturated rings. The van der Waals surface area contributed by atoms with Gasteiger partial charge in [0.15, 0.2) is 5.69 Å². The second kappa shape index (κ2) is 6.26. The number of anilines is 1. The predicted molar refractivity (Wildman–Crippen MR) is 79.5 cm³/mol. The smallest absolute Gasteiger partial charge is 0.274 e. The fourth-order valence-corrected chi connectivity index (χ4v) is 2.05. The topological polar surface area (TPSA) is 104 Å². The number of H-pyrrole nitrogens is 1. The Hall–Kier alpha value is -1.56. The van der Waals surface area contributed by atoms with E-state index in [0.717, 1.165) is 5.69 Å². The summed E-state index contributed by atoms with van der Waals surface area (Å²) < 4.78 is 0. The maximum Gasteiger partial charge on any atom is 0.274 e. The van der Waals surface area contributed by atoms with E-state index in [4.69, 9.17) is 5.73 Å². The van der Waals surface area contributed by atoms with E-state index in [9.17, 15) is 9.90 Å². The molecular weight excluding hydrogens is 256 g/mol. The number of nitrogens with two attached hydrogens (primary N) is 1. The van der Waals surface area contributed by atoms with Gasteiger partial charge in [0.2, 0.25) is 0 Å². The lowest BCUT2D eigenvalue weighted by Crippen LogP contribution is -2.34. The molecule has 1 rings (SSSR count). The van der Waals surface area contributed by atoms with E-state index in [1.807, 2.05) is 34.6 Å². The molecule has 0 aliphatic heterocycles. The molecule has 0 bridgehead atoms. The summed E-state index contributed by atoms with van der Waals surface area (Å²) in [6.07, 6.45) is 0.0318. The number of nitrogen functional groups attached to an aromatic ring is 1. The first kappa shape index (κ1) is 16.5. The summed E-state index contributed by atoms with van der Waals surface area (Å²) in [5.74, 6) is -0.186. The SMILES string of the molecule is CC(C)c1[nH]nc(C(=O)NCC(O)CC(C)(C)C)c1N. The minimum atomic E-state index is -0.580. The Morgan fingerprint density at radius 1 is 1.45 bits per heavy atom. The number of aliphatic hydroxyl groups is 1. The zero-order valence-electron chi connectivity index (χ0n) is 12.9. The lowest BCUT2D eigenvalue weighted by molar-refractivity contribution is 0.0865. The van der Waals surface area contributed by atoms with Crippen molar-refractivity contribution < 1.29 is 9.90 Å². The number of carbonyl (C=O) groups is 1. The Balaban J connectivity index is 2.60. The van der Waals surface area contributed by atoms with E-state index in [-0.39, 0.29) is 29.5 Å². The molecule has 114 valence electrons. The maximum absolute atomic E-state index is 12.0. The van der Waals surface area contributed by atoms with Crippen molar-refractivity contribution in [2.24, 2.45) is 5.41 Å². The molecule has 0 aliphatic rings. The van der Waals surface area contributed by atoms with Crippen LogP contribution in [0.2, 0.25) is 0 Å². The van der Waals surface area contributed by atoms with Crippen LogP contribution in [0.1, 0.15) is 63.1 Å². The largest absolute Gasteiger partial charge is 0.395 e. The number of hydrogen-bond acceptors (Lipinski definition) is 4. The summed E-state index contributed by atoms with van der Waals surface area (Å²) in [5.41, 5.74) is 7.23. The molecule has 20 heavy (non-hydrogen) atoms. The summed E-state index contributed by atoms with van der Waals surface area (Å²) in [4.78, 5) is 12.0. The zero-order chi connectivity index (χ0) is 15.5. The van der Waals surface area contributed by atoms with Gasteiger partial charge in [-0.05, 0) is 17.8 Å². The van der Waals surface area contributed by atoms with Gasteiger partial charge in [-0.1, -0.05) is 34.6 Å². The summed E-state index contributed by atoms with van der Waals surface area (Å²) in [7, 11) is 0. The summed E-state index contributed by atoms with van der Waals surface area (Å²) >= 11 is 0. The summed E-state index contributed by atoms with van der Waals surface area (Å²) in [6, 6.07) is 0. The third-order valence-electron chi connectivity index (χ3n) is 2.97. The van der Waals surface area contributed by atoms with Crippen LogP contribution in [0.4, 0.5) is 5.69 Å². The van der Waals surface area contributed by atoms with Gasteiger partial charge < -0.3 is 16.2 Å². The third kappa shape index (κ3) is 4.52. The van der Waals surface area contributed by atoms with Crippen LogP contribution in [-0.2, 0) is 0 Å². The third-order valence-corrected chi connectivity index (χ3v) is 2.97. The first-order chi connectivity index (χ1) is 9.11. The monoisotopic (exact) mass is 282 g/mol. The fraction of sp³-hybridized carbons (Fsp3) is 0.714. The van der Waals surface area contributed by atoms with Crippen molar-refractivity contribution in [3.63, 3.8) is 0 Å². The minimum Gasteiger partial charge on any atom is -0.395 e. The fourth-order valence-electron chi connectivity index (χ4n) is 2.05. The molecule has 1 atom stereocenters. The minimum absolute atomic E-state index is 0.0142. The number of carbonyl (C=O) groups excluding carboxylic acids is 1. The maximum atomic E-state index is 12.0. The molecule has 1 heterocycles. The molecule has 6 nitrogen and oxygen atoms in total. The first-order valence-corrected chi connectivity index (χ1v) is 6.92. The quantitative estimate of drug-likeness (QED) is 0.659. The molecule has 0 spiro atoms. The Morgan fingerprint density at radius 2 is 2.05 bits per heavy atom. The van der Waals surface area contributed by atoms with Crippen LogP contribution in [0, 0.1) is 5.41 Å². The molecule has 0 saturated heterocycles. The number of amides is 1. The highest BCUT2D eigenvalue weighted by molar-refractivity contribution is 5.97. The molecule has 0 radical (unpaired) electrons. The summed E-state index contributed by atoms with van der Waals surface area (Å²) in [5, 5.41) is 19.3. The van der Waals surface area contributed by atoms with Gasteiger partial charge in [-0.15, -0.1) is 0 Å². The lowest BCUT2D eigenvalue weighted by Gasteiger charge is -2.22. The van der Waals surface area contributed by atoms with Gasteiger partial charge in [0, 0.05) is 6.54 Å². The molecule has 1 unspecified atom stereocenters. The van der Waals surface area contributed by atoms with Crippen LogP contribution < -0.4 is 11.1 Å². The van der Waals surface area contributed by atoms with Crippen molar-refractivity contribution in [2.75, 3.05) is 12.3 Å². The van der Waals surface area contributed by atoms with Crippen molar-refractivity contribution >= 4 is 11.6 Å². The van der Waals surface area contributed by atoms with E-state index >= 15 is 0 Å². The van der Waals surface area contributed by atoms with Gasteiger partial charge >= 0.3 is 0 Å².